The van der Waals surface area contributed by atoms with Gasteiger partial charge in [-0.1, -0.05) is 30.3 Å². The summed E-state index contributed by atoms with van der Waals surface area (Å²) in [6, 6.07) is 14.1. The van der Waals surface area contributed by atoms with Crippen LogP contribution in [0.4, 0.5) is 10.6 Å². The smallest absolute Gasteiger partial charge is 0.421 e. The molecule has 0 unspecified atom stereocenters. The number of carbonyl (C=O) groups is 1. The van der Waals surface area contributed by atoms with Crippen molar-refractivity contribution in [3.05, 3.63) is 72.3 Å². The quantitative estimate of drug-likeness (QED) is 0.309. The normalized spacial score (nSPS) is 14.9. The van der Waals surface area contributed by atoms with E-state index in [1.165, 1.54) is 4.31 Å². The molecule has 1 aliphatic heterocycles. The molecule has 11 nitrogen and oxygen atoms in total. The summed E-state index contributed by atoms with van der Waals surface area (Å²) >= 11 is 0. The Hall–Kier alpha value is -4.03. The number of nitrogens with one attached hydrogen (secondary N) is 3. The van der Waals surface area contributed by atoms with Gasteiger partial charge in [0, 0.05) is 48.4 Å². The van der Waals surface area contributed by atoms with Gasteiger partial charge < -0.3 is 15.0 Å². The van der Waals surface area contributed by atoms with E-state index in [-0.39, 0.29) is 25.6 Å². The van der Waals surface area contributed by atoms with Gasteiger partial charge in [0.2, 0.25) is 0 Å². The summed E-state index contributed by atoms with van der Waals surface area (Å²) in [5.41, 5.74) is 4.51. The van der Waals surface area contributed by atoms with Crippen LogP contribution in [0.2, 0.25) is 0 Å². The van der Waals surface area contributed by atoms with E-state index < -0.39 is 16.3 Å². The minimum atomic E-state index is -3.94. The summed E-state index contributed by atoms with van der Waals surface area (Å²) < 4.78 is 32.9. The molecule has 0 saturated carbocycles. The Bertz CT molecular complexity index is 1520. The zero-order valence-corrected chi connectivity index (χ0v) is 21.7. The van der Waals surface area contributed by atoms with E-state index in [0.29, 0.717) is 25.2 Å². The second kappa shape index (κ2) is 11.2. The number of fused-ring (bicyclic) bond motifs is 1. The van der Waals surface area contributed by atoms with Crippen LogP contribution < -0.4 is 10.0 Å². The predicted octanol–water partition coefficient (Wildman–Crippen LogP) is 3.80. The molecule has 1 amide bonds. The lowest BCUT2D eigenvalue weighted by atomic mass is 9.94. The third-order valence-corrected chi connectivity index (χ3v) is 7.97. The Morgan fingerprint density at radius 2 is 1.95 bits per heavy atom. The van der Waals surface area contributed by atoms with Crippen LogP contribution in [-0.2, 0) is 21.5 Å². The molecule has 4 aromatic rings. The first-order valence-corrected chi connectivity index (χ1v) is 13.9. The number of aromatic amines is 1. The monoisotopic (exact) mass is 535 g/mol. The van der Waals surface area contributed by atoms with E-state index in [1.807, 2.05) is 29.0 Å². The summed E-state index contributed by atoms with van der Waals surface area (Å²) in [5, 5.41) is 4.25. The van der Waals surface area contributed by atoms with Crippen molar-refractivity contribution in [2.24, 2.45) is 0 Å². The number of pyridine rings is 1. The molecule has 198 valence electrons. The van der Waals surface area contributed by atoms with Crippen molar-refractivity contribution in [2.45, 2.75) is 32.2 Å². The Balaban J connectivity index is 1.30. The number of carbonyl (C=O) groups excluding carboxylic acids is 1. The van der Waals surface area contributed by atoms with Crippen molar-refractivity contribution in [1.29, 1.82) is 0 Å². The van der Waals surface area contributed by atoms with Crippen LogP contribution in [0.5, 0.6) is 0 Å². The molecule has 0 spiro atoms. The fourth-order valence-electron chi connectivity index (χ4n) is 4.60. The fraction of sp³-hybridized carbons (Fsp3) is 0.308. The van der Waals surface area contributed by atoms with Gasteiger partial charge in [0.15, 0.2) is 0 Å². The molecule has 3 N–H and O–H groups in total. The lowest BCUT2D eigenvalue weighted by molar-refractivity contribution is 0.157. The zero-order chi connectivity index (χ0) is 26.5. The minimum Gasteiger partial charge on any atom is -0.449 e. The van der Waals surface area contributed by atoms with Crippen LogP contribution in [0.3, 0.4) is 0 Å². The van der Waals surface area contributed by atoms with Gasteiger partial charge in [-0.2, -0.15) is 12.7 Å². The number of amides is 1. The number of benzene rings is 1. The van der Waals surface area contributed by atoms with Crippen molar-refractivity contribution in [3.63, 3.8) is 0 Å². The average molecular weight is 536 g/mol. The fourth-order valence-corrected chi connectivity index (χ4v) is 5.69. The summed E-state index contributed by atoms with van der Waals surface area (Å²) in [6.45, 7) is 2.93. The second-order valence-electron chi connectivity index (χ2n) is 8.98. The molecule has 5 rings (SSSR count). The van der Waals surface area contributed by atoms with Crippen LogP contribution >= 0.6 is 0 Å². The lowest BCUT2D eigenvalue weighted by Crippen LogP contribution is -2.46. The molecule has 3 aromatic heterocycles. The number of rotatable bonds is 8. The molecule has 1 saturated heterocycles. The van der Waals surface area contributed by atoms with Crippen LogP contribution in [0, 0.1) is 0 Å². The van der Waals surface area contributed by atoms with E-state index in [2.05, 4.69) is 38.5 Å². The molecule has 1 aliphatic rings. The van der Waals surface area contributed by atoms with Gasteiger partial charge in [-0.3, -0.25) is 4.98 Å². The maximum atomic E-state index is 12.5. The highest BCUT2D eigenvalue weighted by Crippen LogP contribution is 2.33. The molecule has 38 heavy (non-hydrogen) atoms. The molecule has 0 bridgehead atoms. The third-order valence-electron chi connectivity index (χ3n) is 6.50. The summed E-state index contributed by atoms with van der Waals surface area (Å²) in [5.74, 6) is 0.799. The highest BCUT2D eigenvalue weighted by atomic mass is 32.2. The molecule has 1 aromatic carbocycles. The Labute approximate surface area is 220 Å². The van der Waals surface area contributed by atoms with Gasteiger partial charge in [0.1, 0.15) is 11.5 Å². The van der Waals surface area contributed by atoms with E-state index >= 15 is 0 Å². The summed E-state index contributed by atoms with van der Waals surface area (Å²) in [6.07, 6.45) is 5.40. The number of nitrogens with zero attached hydrogens (tertiary/aromatic N) is 4. The predicted molar refractivity (Wildman–Crippen MR) is 144 cm³/mol. The maximum Gasteiger partial charge on any atom is 0.421 e. The molecule has 0 radical (unpaired) electrons. The van der Waals surface area contributed by atoms with Crippen LogP contribution in [0.15, 0.2) is 61.1 Å². The first-order chi connectivity index (χ1) is 18.4. The minimum absolute atomic E-state index is 0.0971. The number of anilines is 1. The Morgan fingerprint density at radius 1 is 1.16 bits per heavy atom. The molecule has 4 heterocycles. The van der Waals surface area contributed by atoms with E-state index in [1.54, 1.807) is 25.5 Å². The van der Waals surface area contributed by atoms with Gasteiger partial charge >= 0.3 is 16.3 Å². The molecular formula is C26H29N7O4S. The molecule has 1 fully saturated rings. The van der Waals surface area contributed by atoms with Crippen molar-refractivity contribution < 1.29 is 17.9 Å². The van der Waals surface area contributed by atoms with Gasteiger partial charge in [-0.15, -0.1) is 0 Å². The van der Waals surface area contributed by atoms with Crippen molar-refractivity contribution in [2.75, 3.05) is 25.0 Å². The van der Waals surface area contributed by atoms with Gasteiger partial charge in [-0.05, 0) is 37.5 Å². The number of H-pyrrole nitrogens is 1. The largest absolute Gasteiger partial charge is 0.449 e. The van der Waals surface area contributed by atoms with E-state index in [4.69, 9.17) is 9.72 Å². The Kier molecular flexibility index (Phi) is 7.52. The van der Waals surface area contributed by atoms with Crippen molar-refractivity contribution in [1.82, 2.24) is 29.0 Å². The zero-order valence-electron chi connectivity index (χ0n) is 20.9. The first kappa shape index (κ1) is 25.6. The topological polar surface area (TPSA) is 142 Å². The first-order valence-electron chi connectivity index (χ1n) is 12.5. The maximum absolute atomic E-state index is 12.5. The van der Waals surface area contributed by atoms with Gasteiger partial charge in [0.25, 0.3) is 0 Å². The van der Waals surface area contributed by atoms with Gasteiger partial charge in [-0.25, -0.2) is 19.5 Å². The van der Waals surface area contributed by atoms with Crippen molar-refractivity contribution in [3.8, 4) is 11.3 Å². The summed E-state index contributed by atoms with van der Waals surface area (Å²) in [4.78, 5) is 28.7. The van der Waals surface area contributed by atoms with Crippen LogP contribution in [0.25, 0.3) is 22.3 Å². The van der Waals surface area contributed by atoms with Crippen LogP contribution in [-0.4, -0.2) is 58.4 Å². The second-order valence-corrected chi connectivity index (χ2v) is 10.6. The van der Waals surface area contributed by atoms with Crippen molar-refractivity contribution >= 4 is 33.2 Å². The third kappa shape index (κ3) is 5.76. The Morgan fingerprint density at radius 3 is 2.71 bits per heavy atom. The molecular weight excluding hydrogens is 506 g/mol. The lowest BCUT2D eigenvalue weighted by Gasteiger charge is -2.30. The average Bonchev–Trinajstić information content (AvgIpc) is 3.37. The van der Waals surface area contributed by atoms with Gasteiger partial charge in [0.05, 0.1) is 24.7 Å². The number of aromatic nitrogens is 4. The highest BCUT2D eigenvalue weighted by Gasteiger charge is 2.31. The highest BCUT2D eigenvalue weighted by molar-refractivity contribution is 7.87. The molecule has 12 heteroatoms. The van der Waals surface area contributed by atoms with E-state index in [9.17, 15) is 13.2 Å². The number of hydrogen-bond donors (Lipinski definition) is 3. The van der Waals surface area contributed by atoms with Crippen LogP contribution in [0.1, 0.15) is 36.9 Å². The molecule has 0 atom stereocenters. The standard InChI is InChI=1S/C26H29N7O4S/c1-2-37-26(34)32-38(35,36)33-12-9-19(10-13-33)22-14-21-20(8-11-28-25(21)31-22)23-16-27-17-24(30-23)29-15-18-6-4-3-5-7-18/h3-8,11,14,16-17,19H,2,9-10,12-13,15H2,1H3,(H,28,31)(H,29,30)(H,32,34). The number of ether oxygens (including phenoxy) is 1. The summed E-state index contributed by atoms with van der Waals surface area (Å²) in [7, 11) is -3.94. The number of piperidine rings is 1. The SMILES string of the molecule is CCOC(=O)NS(=O)(=O)N1CCC(c2cc3c(-c4cncc(NCc5ccccc5)n4)ccnc3[nH]2)CC1. The van der Waals surface area contributed by atoms with E-state index in [0.717, 1.165) is 33.5 Å². The number of hydrogen-bond acceptors (Lipinski definition) is 8. The molecule has 0 aliphatic carbocycles.